The van der Waals surface area contributed by atoms with Gasteiger partial charge >= 0.3 is 0 Å². The van der Waals surface area contributed by atoms with Gasteiger partial charge in [-0.1, -0.05) is 12.7 Å². The van der Waals surface area contributed by atoms with E-state index in [1.165, 1.54) is 6.20 Å². The van der Waals surface area contributed by atoms with Crippen LogP contribution in [0.3, 0.4) is 0 Å². The van der Waals surface area contributed by atoms with Crippen LogP contribution in [0.1, 0.15) is 0 Å². The van der Waals surface area contributed by atoms with Crippen molar-refractivity contribution in [1.82, 2.24) is 0 Å². The number of nitrogens with zero attached hydrogens (tertiary/aromatic N) is 1. The van der Waals surface area contributed by atoms with Gasteiger partial charge in [0.2, 0.25) is 6.20 Å². The minimum atomic E-state index is 0.710. The molecular formula is C5H8NO+. The highest BCUT2D eigenvalue weighted by molar-refractivity contribution is 5.14. The molecule has 0 saturated carbocycles. The fourth-order valence-electron chi connectivity index (χ4n) is 0.160. The molecule has 0 bridgehead atoms. The Balaban J connectivity index is 3.46. The summed E-state index contributed by atoms with van der Waals surface area (Å²) in [6.07, 6.45) is 4.51. The van der Waals surface area contributed by atoms with Gasteiger partial charge in [0.25, 0.3) is 0 Å². The van der Waals surface area contributed by atoms with Crippen LogP contribution in [0.4, 0.5) is 0 Å². The highest BCUT2D eigenvalue weighted by Gasteiger charge is 1.75. The van der Waals surface area contributed by atoms with E-state index in [1.54, 1.807) is 12.2 Å². The van der Waals surface area contributed by atoms with E-state index >= 15 is 0 Å². The van der Waals surface area contributed by atoms with E-state index in [0.717, 1.165) is 0 Å². The summed E-state index contributed by atoms with van der Waals surface area (Å²) in [5, 5.41) is 8.27. The summed E-state index contributed by atoms with van der Waals surface area (Å²) in [7, 11) is 0. The summed E-state index contributed by atoms with van der Waals surface area (Å²) in [5.74, 6) is 0. The minimum absolute atomic E-state index is 0.710. The van der Waals surface area contributed by atoms with Crippen molar-refractivity contribution in [2.75, 3.05) is 0 Å². The van der Waals surface area contributed by atoms with Crippen molar-refractivity contribution in [2.24, 2.45) is 0 Å². The Morgan fingerprint density at radius 1 is 1.57 bits per heavy atom. The highest BCUT2D eigenvalue weighted by Crippen LogP contribution is 1.68. The van der Waals surface area contributed by atoms with Gasteiger partial charge in [0, 0.05) is 6.08 Å². The molecule has 0 atom stereocenters. The van der Waals surface area contributed by atoms with E-state index in [-0.39, 0.29) is 0 Å². The molecule has 0 fully saturated rings. The molecule has 0 aromatic rings. The zero-order valence-corrected chi connectivity index (χ0v) is 4.04. The maximum Gasteiger partial charge on any atom is 0.221 e. The van der Waals surface area contributed by atoms with Crippen molar-refractivity contribution in [3.05, 3.63) is 24.9 Å². The third kappa shape index (κ3) is 4.95. The molecule has 0 aromatic heterocycles. The van der Waals surface area contributed by atoms with E-state index < -0.39 is 0 Å². The van der Waals surface area contributed by atoms with Crippen molar-refractivity contribution in [1.29, 1.82) is 0 Å². The third-order valence-corrected chi connectivity index (χ3v) is 0.394. The normalized spacial score (nSPS) is 9.14. The molecule has 0 spiro atoms. The molecule has 0 heterocycles. The first-order valence-electron chi connectivity index (χ1n) is 1.85. The summed E-state index contributed by atoms with van der Waals surface area (Å²) in [5.41, 5.74) is 0. The molecule has 1 N–H and O–H groups in total. The van der Waals surface area contributed by atoms with Crippen LogP contribution in [0.15, 0.2) is 24.9 Å². The van der Waals surface area contributed by atoms with Crippen molar-refractivity contribution in [3.63, 3.8) is 0 Å². The second kappa shape index (κ2) is 3.15. The Morgan fingerprint density at radius 2 is 2.14 bits per heavy atom. The lowest BCUT2D eigenvalue weighted by molar-refractivity contribution is -0.718. The fraction of sp³-hybridized carbons (Fsp3) is 0. The van der Waals surface area contributed by atoms with Gasteiger partial charge in [0.15, 0.2) is 6.72 Å². The largest absolute Gasteiger partial charge is 0.286 e. The van der Waals surface area contributed by atoms with Crippen LogP contribution in [0.25, 0.3) is 0 Å². The average Bonchev–Trinajstić information content (AvgIpc) is 1.61. The monoisotopic (exact) mass is 98.1 g/mol. The Labute approximate surface area is 42.7 Å². The number of hydroxylamine groups is 1. The molecule has 0 radical (unpaired) electrons. The second-order valence-electron chi connectivity index (χ2n) is 1.02. The van der Waals surface area contributed by atoms with Crippen molar-refractivity contribution in [3.8, 4) is 0 Å². The number of hydrogen-bond acceptors (Lipinski definition) is 1. The summed E-state index contributed by atoms with van der Waals surface area (Å²) >= 11 is 0. The van der Waals surface area contributed by atoms with Crippen molar-refractivity contribution in [2.45, 2.75) is 0 Å². The zero-order chi connectivity index (χ0) is 5.70. The van der Waals surface area contributed by atoms with Crippen LogP contribution in [0, 0.1) is 0 Å². The molecule has 2 nitrogen and oxygen atoms in total. The average molecular weight is 98.1 g/mol. The predicted octanol–water partition coefficient (Wildman–Crippen LogP) is 0.788. The molecule has 7 heavy (non-hydrogen) atoms. The molecule has 38 valence electrons. The molecule has 0 aliphatic rings. The van der Waals surface area contributed by atoms with Crippen LogP contribution in [-0.2, 0) is 0 Å². The molecule has 0 aliphatic heterocycles. The quantitative estimate of drug-likeness (QED) is 0.178. The van der Waals surface area contributed by atoms with Crippen LogP contribution < -0.4 is 0 Å². The Hall–Kier alpha value is -1.05. The first-order chi connectivity index (χ1) is 3.27. The first-order valence-corrected chi connectivity index (χ1v) is 1.85. The first kappa shape index (κ1) is 5.95. The number of rotatable bonds is 2. The number of allylic oxidation sites excluding steroid dienone is 2. The van der Waals surface area contributed by atoms with E-state index in [0.29, 0.717) is 4.74 Å². The van der Waals surface area contributed by atoms with Crippen LogP contribution in [-0.4, -0.2) is 16.7 Å². The summed E-state index contributed by atoms with van der Waals surface area (Å²) < 4.78 is 0.710. The zero-order valence-electron chi connectivity index (χ0n) is 4.04. The Bertz CT molecular complexity index is 105. The van der Waals surface area contributed by atoms with Gasteiger partial charge in [-0.3, -0.25) is 5.21 Å². The third-order valence-electron chi connectivity index (χ3n) is 0.394. The Kier molecular flexibility index (Phi) is 2.68. The lowest BCUT2D eigenvalue weighted by Crippen LogP contribution is -1.87. The molecular weight excluding hydrogens is 90.1 g/mol. The van der Waals surface area contributed by atoms with Gasteiger partial charge in [-0.25, -0.2) is 0 Å². The van der Waals surface area contributed by atoms with Gasteiger partial charge < -0.3 is 0 Å². The molecule has 0 saturated heterocycles. The van der Waals surface area contributed by atoms with Crippen LogP contribution in [0.5, 0.6) is 0 Å². The second-order valence-corrected chi connectivity index (χ2v) is 1.02. The standard InChI is InChI=1S/C5H8NO/c1-3-4-5-6(2)7/h3-5,7H,1-2H2/q+1. The van der Waals surface area contributed by atoms with Crippen molar-refractivity contribution < 1.29 is 9.95 Å². The minimum Gasteiger partial charge on any atom is -0.286 e. The van der Waals surface area contributed by atoms with E-state index in [9.17, 15) is 0 Å². The highest BCUT2D eigenvalue weighted by atomic mass is 16.5. The smallest absolute Gasteiger partial charge is 0.221 e. The maximum atomic E-state index is 8.27. The predicted molar refractivity (Wildman–Crippen MR) is 28.5 cm³/mol. The lowest BCUT2D eigenvalue weighted by atomic mass is 10.6. The lowest BCUT2D eigenvalue weighted by Gasteiger charge is -1.70. The SMILES string of the molecule is C=CC=C[N+](=C)O. The summed E-state index contributed by atoms with van der Waals surface area (Å²) in [6.45, 7) is 6.51. The fourth-order valence-corrected chi connectivity index (χ4v) is 0.160. The Morgan fingerprint density at radius 3 is 2.29 bits per heavy atom. The van der Waals surface area contributed by atoms with Gasteiger partial charge in [-0.05, 0) is 4.74 Å². The molecule has 2 heteroatoms. The van der Waals surface area contributed by atoms with E-state index in [4.69, 9.17) is 5.21 Å². The van der Waals surface area contributed by atoms with E-state index in [1.807, 2.05) is 0 Å². The summed E-state index contributed by atoms with van der Waals surface area (Å²) in [4.78, 5) is 0. The molecule has 0 aliphatic carbocycles. The number of hydrogen-bond donors (Lipinski definition) is 1. The van der Waals surface area contributed by atoms with Crippen LogP contribution in [0.2, 0.25) is 0 Å². The summed E-state index contributed by atoms with van der Waals surface area (Å²) in [6, 6.07) is 0. The van der Waals surface area contributed by atoms with Crippen molar-refractivity contribution >= 4 is 6.72 Å². The maximum absolute atomic E-state index is 8.27. The topological polar surface area (TPSA) is 23.2 Å². The molecule has 0 unspecified atom stereocenters. The molecule has 0 amide bonds. The van der Waals surface area contributed by atoms with Gasteiger partial charge in [-0.15, -0.1) is 0 Å². The van der Waals surface area contributed by atoms with Crippen LogP contribution >= 0.6 is 0 Å². The molecule has 0 aromatic carbocycles. The van der Waals surface area contributed by atoms with E-state index in [2.05, 4.69) is 13.3 Å². The van der Waals surface area contributed by atoms with Gasteiger partial charge in [0.05, 0.1) is 0 Å². The molecule has 0 rings (SSSR count). The van der Waals surface area contributed by atoms with Gasteiger partial charge in [0.1, 0.15) is 0 Å². The van der Waals surface area contributed by atoms with Gasteiger partial charge in [-0.2, -0.15) is 0 Å².